The van der Waals surface area contributed by atoms with Crippen molar-refractivity contribution in [3.8, 4) is 11.5 Å². The lowest BCUT2D eigenvalue weighted by Gasteiger charge is -2.20. The molecule has 0 amide bonds. The topological polar surface area (TPSA) is 66.1 Å². The van der Waals surface area contributed by atoms with Crippen molar-refractivity contribution in [1.29, 1.82) is 0 Å². The zero-order chi connectivity index (χ0) is 28.2. The summed E-state index contributed by atoms with van der Waals surface area (Å²) in [5.41, 5.74) is 6.70. The molecule has 2 aliphatic rings. The van der Waals surface area contributed by atoms with Crippen LogP contribution in [0.5, 0.6) is 0 Å². The Morgan fingerprint density at radius 2 is 1.72 bits per heavy atom. The maximum absolute atomic E-state index is 6.86. The largest absolute Gasteiger partial charge is 0.388 e. The average Bonchev–Trinajstić information content (AvgIpc) is 3.18. The fraction of sp³-hybridized carbons (Fsp3) is 0.655. The molecule has 39 heavy (non-hydrogen) atoms. The van der Waals surface area contributed by atoms with Crippen LogP contribution in [0.25, 0.3) is 22.6 Å². The Labute approximate surface area is 240 Å². The Bertz CT molecular complexity index is 1360. The van der Waals surface area contributed by atoms with E-state index in [4.69, 9.17) is 31.2 Å². The Morgan fingerprint density at radius 3 is 2.36 bits per heavy atom. The first kappa shape index (κ1) is 28.9. The first-order valence-corrected chi connectivity index (χ1v) is 22.2. The van der Waals surface area contributed by atoms with Gasteiger partial charge in [-0.15, -0.1) is 0 Å². The number of hydrogen-bond acceptors (Lipinski definition) is 5. The van der Waals surface area contributed by atoms with Crippen LogP contribution in [0.2, 0.25) is 56.4 Å². The summed E-state index contributed by atoms with van der Waals surface area (Å²) in [5, 5.41) is 9.07. The molecule has 1 N–H and O–H groups in total. The van der Waals surface area contributed by atoms with Crippen LogP contribution in [0.3, 0.4) is 0 Å². The second-order valence-corrected chi connectivity index (χ2v) is 26.0. The summed E-state index contributed by atoms with van der Waals surface area (Å²) < 4.78 is 16.7. The number of hydrogen-bond donors (Lipinski definition) is 1. The Kier molecular flexibility index (Phi) is 7.87. The van der Waals surface area contributed by atoms with Crippen LogP contribution in [0.1, 0.15) is 24.6 Å². The van der Waals surface area contributed by atoms with E-state index >= 15 is 0 Å². The number of anilines is 1. The van der Waals surface area contributed by atoms with E-state index in [1.54, 1.807) is 0 Å². The van der Waals surface area contributed by atoms with Crippen molar-refractivity contribution in [2.45, 2.75) is 91.0 Å². The van der Waals surface area contributed by atoms with Gasteiger partial charge in [-0.2, -0.15) is 5.10 Å². The Morgan fingerprint density at radius 1 is 1.05 bits per heavy atom. The number of aromatic nitrogens is 4. The van der Waals surface area contributed by atoms with Crippen LogP contribution in [0.4, 0.5) is 5.69 Å². The van der Waals surface area contributed by atoms with Gasteiger partial charge in [0.1, 0.15) is 19.2 Å². The van der Waals surface area contributed by atoms with E-state index in [1.807, 2.05) is 13.1 Å². The molecule has 1 aromatic carbocycles. The van der Waals surface area contributed by atoms with Crippen LogP contribution < -0.4 is 5.32 Å². The summed E-state index contributed by atoms with van der Waals surface area (Å²) in [6, 6.07) is 6.29. The maximum Gasteiger partial charge on any atom is 0.163 e. The number of nitrogens with zero attached hydrogens (tertiary/aromatic N) is 4. The van der Waals surface area contributed by atoms with E-state index in [2.05, 4.69) is 66.8 Å². The van der Waals surface area contributed by atoms with Gasteiger partial charge in [-0.3, -0.25) is 4.57 Å². The quantitative estimate of drug-likeness (QED) is 0.177. The van der Waals surface area contributed by atoms with Gasteiger partial charge in [-0.05, 0) is 54.8 Å². The summed E-state index contributed by atoms with van der Waals surface area (Å²) >= 11 is 6.86. The van der Waals surface area contributed by atoms with Crippen molar-refractivity contribution in [2.75, 3.05) is 25.6 Å². The lowest BCUT2D eigenvalue weighted by Crippen LogP contribution is -2.23. The zero-order valence-electron chi connectivity index (χ0n) is 25.1. The number of rotatable bonds is 12. The molecule has 5 rings (SSSR count). The molecule has 1 fully saturated rings. The van der Waals surface area contributed by atoms with Gasteiger partial charge in [0.15, 0.2) is 5.82 Å². The zero-order valence-corrected chi connectivity index (χ0v) is 27.8. The van der Waals surface area contributed by atoms with Crippen molar-refractivity contribution < 1.29 is 9.47 Å². The lowest BCUT2D eigenvalue weighted by molar-refractivity contribution is 0.0756. The Hall–Kier alpha value is -1.66. The number of ether oxygens (including phenoxy) is 2. The van der Waals surface area contributed by atoms with Gasteiger partial charge < -0.3 is 14.8 Å². The van der Waals surface area contributed by atoms with Crippen LogP contribution in [0, 0.1) is 11.3 Å². The number of imidazole rings is 1. The van der Waals surface area contributed by atoms with Gasteiger partial charge >= 0.3 is 0 Å². The molecular formula is C29H46ClN5O2Si2. The van der Waals surface area contributed by atoms with E-state index < -0.39 is 16.1 Å². The van der Waals surface area contributed by atoms with Gasteiger partial charge in [0.05, 0.1) is 16.1 Å². The summed E-state index contributed by atoms with van der Waals surface area (Å²) in [5.74, 6) is 1.56. The minimum atomic E-state index is -1.20. The number of fused-ring (bicyclic) bond motifs is 3. The molecular weight excluding hydrogens is 542 g/mol. The first-order chi connectivity index (χ1) is 18.3. The Balaban J connectivity index is 1.53. The summed E-state index contributed by atoms with van der Waals surface area (Å²) in [4.78, 5) is 5.14. The molecule has 2 aromatic heterocycles. The summed E-state index contributed by atoms with van der Waals surface area (Å²) in [6.07, 6.45) is 3.38. The van der Waals surface area contributed by atoms with E-state index in [9.17, 15) is 0 Å². The second kappa shape index (κ2) is 10.6. The average molecular weight is 588 g/mol. The number of benzene rings is 1. The minimum Gasteiger partial charge on any atom is -0.388 e. The van der Waals surface area contributed by atoms with Crippen LogP contribution >= 0.6 is 11.6 Å². The van der Waals surface area contributed by atoms with E-state index in [0.29, 0.717) is 23.9 Å². The van der Waals surface area contributed by atoms with Crippen molar-refractivity contribution in [3.05, 3.63) is 28.4 Å². The number of nitrogens with one attached hydrogen (secondary N) is 1. The normalized spacial score (nSPS) is 20.8. The summed E-state index contributed by atoms with van der Waals surface area (Å²) in [7, 11) is -0.448. The first-order valence-electron chi connectivity index (χ1n) is 14.4. The molecule has 2 heterocycles. The van der Waals surface area contributed by atoms with E-state index in [1.165, 1.54) is 17.7 Å². The van der Waals surface area contributed by atoms with Crippen LogP contribution in [-0.4, -0.2) is 55.7 Å². The fourth-order valence-electron chi connectivity index (χ4n) is 5.63. The van der Waals surface area contributed by atoms with Gasteiger partial charge in [-0.1, -0.05) is 57.8 Å². The van der Waals surface area contributed by atoms with Gasteiger partial charge in [0.25, 0.3) is 0 Å². The van der Waals surface area contributed by atoms with Gasteiger partial charge in [0.2, 0.25) is 0 Å². The van der Waals surface area contributed by atoms with E-state index in [0.717, 1.165) is 72.3 Å². The van der Waals surface area contributed by atoms with Crippen molar-refractivity contribution in [3.63, 3.8) is 0 Å². The number of halogens is 1. The third-order valence-corrected chi connectivity index (χ3v) is 12.1. The SMILES string of the molecule is CNc1cc(Cl)c2c(c1)nc(-c1nn(COCC[Si](C)(C)C)c3c1C[C@@H]1C[C@]1(C)C3)n2COCC[Si](C)(C)C. The molecule has 0 saturated heterocycles. The smallest absolute Gasteiger partial charge is 0.163 e. The van der Waals surface area contributed by atoms with Crippen molar-refractivity contribution >= 4 is 44.5 Å². The highest BCUT2D eigenvalue weighted by Gasteiger charge is 2.54. The molecule has 2 aliphatic carbocycles. The van der Waals surface area contributed by atoms with Crippen LogP contribution in [-0.2, 0) is 35.8 Å². The van der Waals surface area contributed by atoms with Crippen molar-refractivity contribution in [1.82, 2.24) is 19.3 Å². The predicted octanol–water partition coefficient (Wildman–Crippen LogP) is 7.34. The molecule has 1 saturated carbocycles. The third kappa shape index (κ3) is 6.32. The molecule has 0 bridgehead atoms. The third-order valence-electron chi connectivity index (χ3n) is 8.45. The highest BCUT2D eigenvalue weighted by atomic mass is 35.5. The molecule has 0 radical (unpaired) electrons. The molecule has 0 aliphatic heterocycles. The molecule has 3 aromatic rings. The molecule has 0 spiro atoms. The van der Waals surface area contributed by atoms with Gasteiger partial charge in [0, 0.05) is 53.4 Å². The monoisotopic (exact) mass is 587 g/mol. The molecule has 7 nitrogen and oxygen atoms in total. The molecule has 0 unspecified atom stereocenters. The standard InChI is InChI=1S/C29H46ClN5O2Si2/c1-29-16-20(29)13-22-25(17-29)35(19-37-10-12-39(6,7)8)33-26(22)28-32-24-15-21(31-2)14-23(30)27(24)34(28)18-36-9-11-38(3,4)5/h14-15,20,31H,9-13,16-19H2,1-8H3/t20-,29-/m1/s1. The maximum atomic E-state index is 6.86. The lowest BCUT2D eigenvalue weighted by atomic mass is 9.87. The summed E-state index contributed by atoms with van der Waals surface area (Å²) in [6.45, 7) is 19.1. The highest BCUT2D eigenvalue weighted by molar-refractivity contribution is 6.76. The van der Waals surface area contributed by atoms with Crippen molar-refractivity contribution in [2.24, 2.45) is 11.3 Å². The molecule has 214 valence electrons. The fourth-order valence-corrected chi connectivity index (χ4v) is 7.46. The highest BCUT2D eigenvalue weighted by Crippen LogP contribution is 2.60. The molecule has 2 atom stereocenters. The molecule has 10 heteroatoms. The van der Waals surface area contributed by atoms with Gasteiger partial charge in [-0.25, -0.2) is 9.67 Å². The van der Waals surface area contributed by atoms with E-state index in [-0.39, 0.29) is 0 Å². The predicted molar refractivity (Wildman–Crippen MR) is 167 cm³/mol. The van der Waals surface area contributed by atoms with Crippen LogP contribution in [0.15, 0.2) is 12.1 Å². The minimum absolute atomic E-state index is 0.394. The second-order valence-electron chi connectivity index (χ2n) is 14.3.